The molecule has 0 radical (unpaired) electrons. The minimum absolute atomic E-state index is 0.131. The first kappa shape index (κ1) is 37.0. The van der Waals surface area contributed by atoms with Crippen molar-refractivity contribution in [1.29, 1.82) is 0 Å². The van der Waals surface area contributed by atoms with Gasteiger partial charge in [0.05, 0.1) is 10.5 Å². The van der Waals surface area contributed by atoms with Crippen molar-refractivity contribution in [1.82, 2.24) is 0 Å². The molecule has 4 aromatic rings. The lowest BCUT2D eigenvalue weighted by molar-refractivity contribution is -0.134. The number of carboxylic acids is 2. The van der Waals surface area contributed by atoms with Gasteiger partial charge in [-0.15, -0.1) is 0 Å². The number of carboxylic acid groups (broad SMARTS) is 2. The van der Waals surface area contributed by atoms with Gasteiger partial charge in [0.15, 0.2) is 0 Å². The molecule has 0 aliphatic carbocycles. The third kappa shape index (κ3) is 13.6. The number of carbonyl (C=O) groups is 4. The van der Waals surface area contributed by atoms with E-state index in [9.17, 15) is 27.6 Å². The van der Waals surface area contributed by atoms with Gasteiger partial charge in [0.25, 0.3) is 0 Å². The van der Waals surface area contributed by atoms with Gasteiger partial charge in [0.1, 0.15) is 11.5 Å². The number of nitrogens with two attached hydrogens (primary N) is 2. The Balaban J connectivity index is 0.000000261. The number of aliphatic carboxylic acids is 2. The van der Waals surface area contributed by atoms with Gasteiger partial charge < -0.3 is 21.7 Å². The maximum atomic E-state index is 12.4. The Hall–Kier alpha value is -5.20. The van der Waals surface area contributed by atoms with Crippen LogP contribution in [0.3, 0.4) is 0 Å². The second-order valence-corrected chi connectivity index (χ2v) is 12.4. The van der Waals surface area contributed by atoms with E-state index in [1.165, 1.54) is 0 Å². The zero-order valence-corrected chi connectivity index (χ0v) is 26.2. The summed E-state index contributed by atoms with van der Waals surface area (Å²) in [4.78, 5) is 41.1. The Bertz CT molecular complexity index is 1430. The maximum absolute atomic E-state index is 12.4. The highest BCUT2D eigenvalue weighted by molar-refractivity contribution is 7.86. The average molecular weight is 663 g/mol. The number of carbonyl (C=O) groups excluding carboxylic acids is 2. The monoisotopic (exact) mass is 662 g/mol. The highest BCUT2D eigenvalue weighted by atomic mass is 32.2. The molecule has 2 amide bonds. The average Bonchev–Trinajstić information content (AvgIpc) is 3.02. The van der Waals surface area contributed by atoms with Crippen molar-refractivity contribution in [3.63, 3.8) is 0 Å². The van der Waals surface area contributed by atoms with E-state index < -0.39 is 45.4 Å². The summed E-state index contributed by atoms with van der Waals surface area (Å²) < 4.78 is 24.7. The first-order valence-corrected chi connectivity index (χ1v) is 16.4. The lowest BCUT2D eigenvalue weighted by Gasteiger charge is -2.16. The van der Waals surface area contributed by atoms with Crippen molar-refractivity contribution in [3.05, 3.63) is 156 Å². The zero-order chi connectivity index (χ0) is 33.9. The van der Waals surface area contributed by atoms with Crippen LogP contribution >= 0.6 is 0 Å². The smallest absolute Gasteiger partial charge is 0.328 e. The van der Waals surface area contributed by atoms with E-state index >= 15 is 0 Å². The molecule has 0 bridgehead atoms. The number of rotatable bonds is 12. The van der Waals surface area contributed by atoms with Gasteiger partial charge >= 0.3 is 11.9 Å². The molecule has 46 heavy (non-hydrogen) atoms. The quantitative estimate of drug-likeness (QED) is 0.165. The van der Waals surface area contributed by atoms with Crippen molar-refractivity contribution >= 4 is 45.4 Å². The van der Waals surface area contributed by atoms with Gasteiger partial charge in [0.2, 0.25) is 11.8 Å². The second kappa shape index (κ2) is 20.0. The van der Waals surface area contributed by atoms with Crippen molar-refractivity contribution in [2.24, 2.45) is 11.5 Å². The van der Waals surface area contributed by atoms with Crippen molar-refractivity contribution in [2.75, 3.05) is 11.5 Å². The van der Waals surface area contributed by atoms with Crippen LogP contribution in [0.2, 0.25) is 0 Å². The van der Waals surface area contributed by atoms with E-state index in [0.717, 1.165) is 22.3 Å². The third-order valence-corrected chi connectivity index (χ3v) is 9.15. The van der Waals surface area contributed by atoms with Gasteiger partial charge in [-0.2, -0.15) is 0 Å². The predicted octanol–water partition coefficient (Wildman–Crippen LogP) is 3.73. The Morgan fingerprint density at radius 1 is 0.500 bits per heavy atom. The molecule has 0 heterocycles. The molecular weight excluding hydrogens is 629 g/mol. The van der Waals surface area contributed by atoms with Crippen LogP contribution < -0.4 is 11.5 Å². The number of amides is 2. The summed E-state index contributed by atoms with van der Waals surface area (Å²) in [6.45, 7) is 0. The standard InChI is InChI=1S/2C15H15NO2S.C4H4O4/c2*16-14(17)11-19(18)15(12-7-3-1-4-8-12)13-9-5-2-6-10-13;5-3(6)1-2-4(7)8/h2*1-10,15H,11H2,(H2,16,17);1-2H,(H,5,6)(H,7,8). The number of hydrogen-bond donors (Lipinski definition) is 4. The minimum Gasteiger partial charge on any atom is -0.478 e. The van der Waals surface area contributed by atoms with Gasteiger partial charge in [-0.1, -0.05) is 121 Å². The van der Waals surface area contributed by atoms with Gasteiger partial charge in [-0.05, 0) is 22.3 Å². The fourth-order valence-corrected chi connectivity index (χ4v) is 6.83. The lowest BCUT2D eigenvalue weighted by atomic mass is 10.0. The molecule has 0 aromatic heterocycles. The lowest BCUT2D eigenvalue weighted by Crippen LogP contribution is -2.23. The SMILES string of the molecule is NC(=O)CS(=O)C(c1ccccc1)c1ccccc1.NC(=O)CS(=O)C(c1ccccc1)c1ccccc1.O=C(O)C=CC(=O)O. The van der Waals surface area contributed by atoms with Crippen LogP contribution in [0.15, 0.2) is 133 Å². The molecule has 240 valence electrons. The first-order chi connectivity index (χ1) is 22.0. The Kier molecular flexibility index (Phi) is 16.0. The van der Waals surface area contributed by atoms with E-state index in [1.54, 1.807) is 0 Å². The minimum atomic E-state index is -1.36. The zero-order valence-electron chi connectivity index (χ0n) is 24.6. The summed E-state index contributed by atoms with van der Waals surface area (Å²) in [7, 11) is -2.73. The van der Waals surface area contributed by atoms with Crippen molar-refractivity contribution < 1.29 is 37.8 Å². The van der Waals surface area contributed by atoms with Gasteiger partial charge in [-0.3, -0.25) is 18.0 Å². The number of primary amides is 2. The van der Waals surface area contributed by atoms with Crippen LogP contribution in [0.1, 0.15) is 32.8 Å². The molecule has 4 aromatic carbocycles. The van der Waals surface area contributed by atoms with Crippen LogP contribution in [0.25, 0.3) is 0 Å². The molecule has 2 unspecified atom stereocenters. The summed E-state index contributed by atoms with van der Waals surface area (Å²) in [5, 5.41) is 15.0. The summed E-state index contributed by atoms with van der Waals surface area (Å²) in [6, 6.07) is 38.1. The molecule has 0 aliphatic rings. The van der Waals surface area contributed by atoms with Crippen LogP contribution in [0.5, 0.6) is 0 Å². The van der Waals surface area contributed by atoms with E-state index in [1.807, 2.05) is 121 Å². The van der Waals surface area contributed by atoms with Crippen molar-refractivity contribution in [3.8, 4) is 0 Å². The Morgan fingerprint density at radius 2 is 0.717 bits per heavy atom. The molecule has 0 fully saturated rings. The fourth-order valence-electron chi connectivity index (χ4n) is 4.09. The highest BCUT2D eigenvalue weighted by Gasteiger charge is 2.23. The number of benzene rings is 4. The summed E-state index contributed by atoms with van der Waals surface area (Å²) in [6.07, 6.45) is 1.12. The number of hydrogen-bond acceptors (Lipinski definition) is 6. The van der Waals surface area contributed by atoms with Crippen LogP contribution in [-0.2, 0) is 40.8 Å². The van der Waals surface area contributed by atoms with Crippen LogP contribution in [-0.4, -0.2) is 53.9 Å². The summed E-state index contributed by atoms with van der Waals surface area (Å²) >= 11 is 0. The molecule has 0 aliphatic heterocycles. The molecule has 0 saturated carbocycles. The van der Waals surface area contributed by atoms with E-state index in [-0.39, 0.29) is 22.0 Å². The van der Waals surface area contributed by atoms with Gasteiger partial charge in [-0.25, -0.2) is 9.59 Å². The molecule has 4 rings (SSSR count). The fraction of sp³-hybridized carbons (Fsp3) is 0.118. The predicted molar refractivity (Wildman–Crippen MR) is 178 cm³/mol. The highest BCUT2D eigenvalue weighted by Crippen LogP contribution is 2.29. The third-order valence-electron chi connectivity index (χ3n) is 5.87. The molecular formula is C34H34N2O8S2. The van der Waals surface area contributed by atoms with Crippen LogP contribution in [0.4, 0.5) is 0 Å². The van der Waals surface area contributed by atoms with E-state index in [4.69, 9.17) is 21.7 Å². The molecule has 2 atom stereocenters. The first-order valence-electron chi connectivity index (χ1n) is 13.6. The van der Waals surface area contributed by atoms with Crippen LogP contribution in [0, 0.1) is 0 Å². The molecule has 6 N–H and O–H groups in total. The van der Waals surface area contributed by atoms with Crippen molar-refractivity contribution in [2.45, 2.75) is 10.5 Å². The van der Waals surface area contributed by atoms with E-state index in [2.05, 4.69) is 0 Å². The molecule has 12 heteroatoms. The molecule has 10 nitrogen and oxygen atoms in total. The molecule has 0 saturated heterocycles. The maximum Gasteiger partial charge on any atom is 0.328 e. The Morgan fingerprint density at radius 3 is 0.891 bits per heavy atom. The Labute approximate surface area is 271 Å². The summed E-state index contributed by atoms with van der Waals surface area (Å²) in [5.74, 6) is -3.87. The van der Waals surface area contributed by atoms with E-state index in [0.29, 0.717) is 12.2 Å². The molecule has 0 spiro atoms. The summed E-state index contributed by atoms with van der Waals surface area (Å²) in [5.41, 5.74) is 14.0. The normalized spacial score (nSPS) is 11.8. The van der Waals surface area contributed by atoms with Gasteiger partial charge in [0, 0.05) is 33.8 Å². The largest absolute Gasteiger partial charge is 0.478 e. The topological polar surface area (TPSA) is 195 Å². The second-order valence-electron chi connectivity index (χ2n) is 9.40.